The molecule has 2 rings (SSSR count). The van der Waals surface area contributed by atoms with E-state index in [0.717, 1.165) is 0 Å². The number of amides is 1. The summed E-state index contributed by atoms with van der Waals surface area (Å²) < 4.78 is 5.82. The third kappa shape index (κ3) is 5.08. The van der Waals surface area contributed by atoms with Crippen LogP contribution in [-0.4, -0.2) is 5.91 Å². The maximum absolute atomic E-state index is 12.1. The number of hydrogen-bond acceptors (Lipinski definition) is 2. The van der Waals surface area contributed by atoms with Gasteiger partial charge in [-0.3, -0.25) is 4.79 Å². The molecule has 116 valence electrons. The molecule has 0 fully saturated rings. The van der Waals surface area contributed by atoms with E-state index in [1.807, 2.05) is 51.1 Å². The predicted molar refractivity (Wildman–Crippen MR) is 90.7 cm³/mol. The fourth-order valence-electron chi connectivity index (χ4n) is 1.98. The number of benzene rings is 2. The number of carbonyl (C=O) groups is 1. The van der Waals surface area contributed by atoms with Gasteiger partial charge in [-0.25, -0.2) is 0 Å². The van der Waals surface area contributed by atoms with E-state index in [1.165, 1.54) is 0 Å². The van der Waals surface area contributed by atoms with E-state index in [-0.39, 0.29) is 11.3 Å². The van der Waals surface area contributed by atoms with Gasteiger partial charge in [-0.1, -0.05) is 50.6 Å². The number of anilines is 1. The number of nitrogens with one attached hydrogen (secondary N) is 1. The normalized spacial score (nSPS) is 11.1. The highest BCUT2D eigenvalue weighted by Gasteiger charge is 2.17. The van der Waals surface area contributed by atoms with Crippen LogP contribution in [0.15, 0.2) is 48.5 Å². The number of ether oxygens (including phenoxy) is 1. The van der Waals surface area contributed by atoms with E-state index in [9.17, 15) is 4.79 Å². The minimum atomic E-state index is -0.0802. The van der Waals surface area contributed by atoms with Gasteiger partial charge in [0.25, 0.3) is 0 Å². The van der Waals surface area contributed by atoms with Gasteiger partial charge in [-0.15, -0.1) is 0 Å². The van der Waals surface area contributed by atoms with Crippen LogP contribution in [0.2, 0.25) is 5.02 Å². The van der Waals surface area contributed by atoms with E-state index < -0.39 is 0 Å². The van der Waals surface area contributed by atoms with Crippen molar-refractivity contribution in [2.75, 3.05) is 5.32 Å². The summed E-state index contributed by atoms with van der Waals surface area (Å²) in [4.78, 5) is 12.1. The van der Waals surface area contributed by atoms with Crippen molar-refractivity contribution in [3.63, 3.8) is 0 Å². The largest absolute Gasteiger partial charge is 0.455 e. The lowest BCUT2D eigenvalue weighted by Gasteiger charge is -2.18. The van der Waals surface area contributed by atoms with Gasteiger partial charge in [0.2, 0.25) is 5.91 Å². The second-order valence-electron chi connectivity index (χ2n) is 6.34. The Kier molecular flexibility index (Phi) is 5.09. The van der Waals surface area contributed by atoms with Crippen LogP contribution in [0.1, 0.15) is 27.2 Å². The zero-order chi connectivity index (χ0) is 16.2. The molecule has 0 aliphatic heterocycles. The number of rotatable bonds is 4. The average Bonchev–Trinajstić information content (AvgIpc) is 2.41. The fourth-order valence-corrected chi connectivity index (χ4v) is 2.15. The van der Waals surface area contributed by atoms with Crippen LogP contribution < -0.4 is 10.1 Å². The number of hydrogen-bond donors (Lipinski definition) is 1. The molecule has 22 heavy (non-hydrogen) atoms. The van der Waals surface area contributed by atoms with Gasteiger partial charge in [0, 0.05) is 11.4 Å². The van der Waals surface area contributed by atoms with E-state index in [1.54, 1.807) is 18.2 Å². The first-order valence-electron chi connectivity index (χ1n) is 7.16. The summed E-state index contributed by atoms with van der Waals surface area (Å²) in [7, 11) is 0. The molecule has 0 heterocycles. The van der Waals surface area contributed by atoms with E-state index >= 15 is 0 Å². The highest BCUT2D eigenvalue weighted by Crippen LogP contribution is 2.32. The first-order valence-corrected chi connectivity index (χ1v) is 7.54. The van der Waals surface area contributed by atoms with Crippen LogP contribution in [0.5, 0.6) is 11.5 Å². The Labute approximate surface area is 136 Å². The van der Waals surface area contributed by atoms with Crippen LogP contribution in [0.25, 0.3) is 0 Å². The molecule has 1 N–H and O–H groups in total. The second-order valence-corrected chi connectivity index (χ2v) is 6.78. The maximum atomic E-state index is 12.1. The Balaban J connectivity index is 2.19. The lowest BCUT2D eigenvalue weighted by Crippen LogP contribution is -2.19. The Morgan fingerprint density at radius 1 is 1.14 bits per heavy atom. The summed E-state index contributed by atoms with van der Waals surface area (Å²) in [5.41, 5.74) is 0.494. The Morgan fingerprint density at radius 3 is 2.45 bits per heavy atom. The van der Waals surface area contributed by atoms with Crippen molar-refractivity contribution >= 4 is 23.2 Å². The highest BCUT2D eigenvalue weighted by molar-refractivity contribution is 6.31. The molecule has 3 nitrogen and oxygen atoms in total. The topological polar surface area (TPSA) is 38.3 Å². The van der Waals surface area contributed by atoms with Gasteiger partial charge in [0.05, 0.1) is 5.69 Å². The van der Waals surface area contributed by atoms with Gasteiger partial charge in [-0.2, -0.15) is 0 Å². The molecule has 0 radical (unpaired) electrons. The predicted octanol–water partition coefficient (Wildman–Crippen LogP) is 5.51. The summed E-state index contributed by atoms with van der Waals surface area (Å²) in [5, 5.41) is 3.43. The number of carbonyl (C=O) groups excluding carboxylic acids is 1. The first-order chi connectivity index (χ1) is 10.3. The number of para-hydroxylation sites is 1. The highest BCUT2D eigenvalue weighted by atomic mass is 35.5. The van der Waals surface area contributed by atoms with Crippen LogP contribution in [0.4, 0.5) is 5.69 Å². The summed E-state index contributed by atoms with van der Waals surface area (Å²) >= 11 is 6.03. The molecule has 0 unspecified atom stereocenters. The SMILES string of the molecule is CC(C)(C)CC(=O)Nc1cc(Cl)ccc1Oc1ccccc1. The molecular formula is C18H20ClNO2. The average molecular weight is 318 g/mol. The second kappa shape index (κ2) is 6.84. The summed E-state index contributed by atoms with van der Waals surface area (Å²) in [6, 6.07) is 14.6. The van der Waals surface area contributed by atoms with Gasteiger partial charge in [0.15, 0.2) is 5.75 Å². The monoisotopic (exact) mass is 317 g/mol. The first kappa shape index (κ1) is 16.4. The smallest absolute Gasteiger partial charge is 0.225 e. The Morgan fingerprint density at radius 2 is 1.82 bits per heavy atom. The van der Waals surface area contributed by atoms with E-state index in [0.29, 0.717) is 28.6 Å². The fraction of sp³-hybridized carbons (Fsp3) is 0.278. The third-order valence-corrected chi connectivity index (χ3v) is 3.11. The van der Waals surface area contributed by atoms with Crippen LogP contribution in [-0.2, 0) is 4.79 Å². The molecule has 0 atom stereocenters. The van der Waals surface area contributed by atoms with Gasteiger partial charge >= 0.3 is 0 Å². The summed E-state index contributed by atoms with van der Waals surface area (Å²) in [6.07, 6.45) is 0.421. The summed E-state index contributed by atoms with van der Waals surface area (Å²) in [5.74, 6) is 1.21. The van der Waals surface area contributed by atoms with Crippen LogP contribution in [0, 0.1) is 5.41 Å². The minimum Gasteiger partial charge on any atom is -0.455 e. The minimum absolute atomic E-state index is 0.0623. The maximum Gasteiger partial charge on any atom is 0.225 e. The van der Waals surface area contributed by atoms with Crippen molar-refractivity contribution in [1.29, 1.82) is 0 Å². The van der Waals surface area contributed by atoms with E-state index in [4.69, 9.17) is 16.3 Å². The van der Waals surface area contributed by atoms with Gasteiger partial charge in [0.1, 0.15) is 5.75 Å². The molecule has 0 aliphatic rings. The molecule has 4 heteroatoms. The van der Waals surface area contributed by atoms with Crippen molar-refractivity contribution in [2.24, 2.45) is 5.41 Å². The molecule has 0 bridgehead atoms. The molecule has 2 aromatic carbocycles. The number of halogens is 1. The zero-order valence-electron chi connectivity index (χ0n) is 13.0. The van der Waals surface area contributed by atoms with Crippen LogP contribution in [0.3, 0.4) is 0 Å². The standard InChI is InChI=1S/C18H20ClNO2/c1-18(2,3)12-17(21)20-15-11-13(19)9-10-16(15)22-14-7-5-4-6-8-14/h4-11H,12H2,1-3H3,(H,20,21). The van der Waals surface area contributed by atoms with Crippen molar-refractivity contribution in [2.45, 2.75) is 27.2 Å². The molecule has 0 saturated heterocycles. The lowest BCUT2D eigenvalue weighted by atomic mass is 9.92. The third-order valence-electron chi connectivity index (χ3n) is 2.88. The van der Waals surface area contributed by atoms with Crippen molar-refractivity contribution in [1.82, 2.24) is 0 Å². The van der Waals surface area contributed by atoms with Crippen molar-refractivity contribution in [3.8, 4) is 11.5 Å². The molecule has 0 aromatic heterocycles. The molecule has 0 spiro atoms. The molecule has 1 amide bonds. The molecular weight excluding hydrogens is 298 g/mol. The van der Waals surface area contributed by atoms with Gasteiger partial charge < -0.3 is 10.1 Å². The molecule has 2 aromatic rings. The zero-order valence-corrected chi connectivity index (χ0v) is 13.8. The molecule has 0 aliphatic carbocycles. The summed E-state index contributed by atoms with van der Waals surface area (Å²) in [6.45, 7) is 6.06. The van der Waals surface area contributed by atoms with Crippen molar-refractivity contribution in [3.05, 3.63) is 53.6 Å². The van der Waals surface area contributed by atoms with Crippen molar-refractivity contribution < 1.29 is 9.53 Å². The van der Waals surface area contributed by atoms with Crippen LogP contribution >= 0.6 is 11.6 Å². The quantitative estimate of drug-likeness (QED) is 0.807. The Bertz CT molecular complexity index is 648. The van der Waals surface area contributed by atoms with Gasteiger partial charge in [-0.05, 0) is 35.7 Å². The molecule has 0 saturated carbocycles. The van der Waals surface area contributed by atoms with E-state index in [2.05, 4.69) is 5.32 Å². The Hall–Kier alpha value is -2.00. The lowest BCUT2D eigenvalue weighted by molar-refractivity contribution is -0.117.